The molecule has 0 aliphatic rings. The van der Waals surface area contributed by atoms with Gasteiger partial charge in [0, 0.05) is 16.8 Å². The Balaban J connectivity index is 2.23. The number of rotatable bonds is 9. The number of hydrogen-bond acceptors (Lipinski definition) is 2. The van der Waals surface area contributed by atoms with Crippen molar-refractivity contribution in [3.8, 4) is 0 Å². The van der Waals surface area contributed by atoms with Gasteiger partial charge in [-0.05, 0) is 30.9 Å². The standard InChI is InChI=1S/C15H22BrNOS/c1-2-6-13(9-10-16)11-17-15(18)12-19-14-7-4-3-5-8-14/h3-5,7-8,13H,2,6,9-12H2,1H3,(H,17,18). The van der Waals surface area contributed by atoms with Crippen LogP contribution < -0.4 is 5.32 Å². The Labute approximate surface area is 128 Å². The highest BCUT2D eigenvalue weighted by Gasteiger charge is 2.09. The average Bonchev–Trinajstić information content (AvgIpc) is 2.44. The van der Waals surface area contributed by atoms with Crippen molar-refractivity contribution in [2.24, 2.45) is 5.92 Å². The first-order valence-electron chi connectivity index (χ1n) is 6.76. The summed E-state index contributed by atoms with van der Waals surface area (Å²) < 4.78 is 0. The Morgan fingerprint density at radius 3 is 2.68 bits per heavy atom. The smallest absolute Gasteiger partial charge is 0.230 e. The number of carbonyl (C=O) groups excluding carboxylic acids is 1. The third kappa shape index (κ3) is 7.63. The van der Waals surface area contributed by atoms with Crippen LogP contribution in [-0.2, 0) is 4.79 Å². The minimum atomic E-state index is 0.129. The molecule has 0 spiro atoms. The predicted octanol–water partition coefficient (Wildman–Crippen LogP) is 4.10. The van der Waals surface area contributed by atoms with E-state index in [9.17, 15) is 4.79 Å². The fourth-order valence-electron chi connectivity index (χ4n) is 1.89. The van der Waals surface area contributed by atoms with Crippen LogP contribution in [0.4, 0.5) is 0 Å². The first-order valence-corrected chi connectivity index (χ1v) is 8.87. The molecule has 106 valence electrons. The molecular weight excluding hydrogens is 322 g/mol. The van der Waals surface area contributed by atoms with Crippen molar-refractivity contribution in [2.75, 3.05) is 17.6 Å². The lowest BCUT2D eigenvalue weighted by molar-refractivity contribution is -0.118. The highest BCUT2D eigenvalue weighted by Crippen LogP contribution is 2.16. The Bertz CT molecular complexity index is 352. The van der Waals surface area contributed by atoms with Gasteiger partial charge in [0.15, 0.2) is 0 Å². The van der Waals surface area contributed by atoms with E-state index < -0.39 is 0 Å². The maximum absolute atomic E-state index is 11.8. The first-order chi connectivity index (χ1) is 9.26. The van der Waals surface area contributed by atoms with E-state index in [0.717, 1.165) is 23.2 Å². The molecule has 1 amide bonds. The number of halogens is 1. The van der Waals surface area contributed by atoms with Gasteiger partial charge in [-0.1, -0.05) is 47.5 Å². The number of carbonyl (C=O) groups is 1. The topological polar surface area (TPSA) is 29.1 Å². The second-order valence-corrected chi connectivity index (χ2v) is 6.38. The summed E-state index contributed by atoms with van der Waals surface area (Å²) in [5.74, 6) is 1.22. The lowest BCUT2D eigenvalue weighted by Crippen LogP contribution is -2.30. The molecular formula is C15H22BrNOS. The van der Waals surface area contributed by atoms with Crippen LogP contribution >= 0.6 is 27.7 Å². The largest absolute Gasteiger partial charge is 0.355 e. The number of thioether (sulfide) groups is 1. The number of amides is 1. The summed E-state index contributed by atoms with van der Waals surface area (Å²) in [5.41, 5.74) is 0. The summed E-state index contributed by atoms with van der Waals surface area (Å²) >= 11 is 5.06. The fourth-order valence-corrected chi connectivity index (χ4v) is 3.28. The maximum atomic E-state index is 11.8. The van der Waals surface area contributed by atoms with Crippen molar-refractivity contribution in [3.63, 3.8) is 0 Å². The summed E-state index contributed by atoms with van der Waals surface area (Å²) in [7, 11) is 0. The molecule has 4 heteroatoms. The highest BCUT2D eigenvalue weighted by atomic mass is 79.9. The molecule has 0 saturated heterocycles. The van der Waals surface area contributed by atoms with Crippen molar-refractivity contribution >= 4 is 33.6 Å². The molecule has 1 N–H and O–H groups in total. The lowest BCUT2D eigenvalue weighted by Gasteiger charge is -2.15. The van der Waals surface area contributed by atoms with E-state index in [1.807, 2.05) is 30.3 Å². The van der Waals surface area contributed by atoms with Crippen molar-refractivity contribution in [3.05, 3.63) is 30.3 Å². The molecule has 1 atom stereocenters. The maximum Gasteiger partial charge on any atom is 0.230 e. The van der Waals surface area contributed by atoms with Gasteiger partial charge in [0.25, 0.3) is 0 Å². The molecule has 0 aromatic heterocycles. The second-order valence-electron chi connectivity index (χ2n) is 4.54. The molecule has 0 saturated carbocycles. The molecule has 0 fully saturated rings. The second kappa shape index (κ2) is 10.3. The van der Waals surface area contributed by atoms with E-state index in [4.69, 9.17) is 0 Å². The number of nitrogens with one attached hydrogen (secondary N) is 1. The number of alkyl halides is 1. The van der Waals surface area contributed by atoms with Crippen LogP contribution in [0.25, 0.3) is 0 Å². The lowest BCUT2D eigenvalue weighted by atomic mass is 10.0. The molecule has 1 aromatic carbocycles. The number of benzene rings is 1. The molecule has 0 heterocycles. The molecule has 0 aliphatic heterocycles. The van der Waals surface area contributed by atoms with Crippen molar-refractivity contribution in [1.29, 1.82) is 0 Å². The fraction of sp³-hybridized carbons (Fsp3) is 0.533. The molecule has 0 aliphatic carbocycles. The van der Waals surface area contributed by atoms with Crippen molar-refractivity contribution in [1.82, 2.24) is 5.32 Å². The predicted molar refractivity (Wildman–Crippen MR) is 87.0 cm³/mol. The molecule has 0 bridgehead atoms. The molecule has 1 unspecified atom stereocenters. The Morgan fingerprint density at radius 2 is 2.05 bits per heavy atom. The van der Waals surface area contributed by atoms with Crippen LogP contribution in [0.5, 0.6) is 0 Å². The average molecular weight is 344 g/mol. The first kappa shape index (κ1) is 16.6. The van der Waals surface area contributed by atoms with Gasteiger partial charge in [-0.15, -0.1) is 11.8 Å². The van der Waals surface area contributed by atoms with Gasteiger partial charge in [-0.25, -0.2) is 0 Å². The van der Waals surface area contributed by atoms with E-state index in [-0.39, 0.29) is 5.91 Å². The number of hydrogen-bond donors (Lipinski definition) is 1. The van der Waals surface area contributed by atoms with Crippen molar-refractivity contribution in [2.45, 2.75) is 31.1 Å². The van der Waals surface area contributed by atoms with Crippen LogP contribution in [-0.4, -0.2) is 23.5 Å². The van der Waals surface area contributed by atoms with Gasteiger partial charge in [0.2, 0.25) is 5.91 Å². The zero-order valence-electron chi connectivity index (χ0n) is 11.4. The van der Waals surface area contributed by atoms with Gasteiger partial charge < -0.3 is 5.32 Å². The zero-order chi connectivity index (χ0) is 13.9. The van der Waals surface area contributed by atoms with E-state index in [1.165, 1.54) is 12.8 Å². The van der Waals surface area contributed by atoms with Gasteiger partial charge in [0.1, 0.15) is 0 Å². The van der Waals surface area contributed by atoms with Crippen molar-refractivity contribution < 1.29 is 4.79 Å². The quantitative estimate of drug-likeness (QED) is 0.540. The third-order valence-electron chi connectivity index (χ3n) is 2.92. The van der Waals surface area contributed by atoms with E-state index in [2.05, 4.69) is 28.2 Å². The van der Waals surface area contributed by atoms with Crippen LogP contribution in [0.2, 0.25) is 0 Å². The molecule has 19 heavy (non-hydrogen) atoms. The van der Waals surface area contributed by atoms with Crippen LogP contribution in [0.3, 0.4) is 0 Å². The minimum absolute atomic E-state index is 0.129. The van der Waals surface area contributed by atoms with Crippen LogP contribution in [0.1, 0.15) is 26.2 Å². The summed E-state index contributed by atoms with van der Waals surface area (Å²) in [6.45, 7) is 2.99. The summed E-state index contributed by atoms with van der Waals surface area (Å²) in [6, 6.07) is 10.0. The SMILES string of the molecule is CCCC(CCBr)CNC(=O)CSc1ccccc1. The summed E-state index contributed by atoms with van der Waals surface area (Å²) in [4.78, 5) is 12.9. The van der Waals surface area contributed by atoms with Crippen LogP contribution in [0, 0.1) is 5.92 Å². The third-order valence-corrected chi connectivity index (χ3v) is 4.39. The van der Waals surface area contributed by atoms with Gasteiger partial charge in [0.05, 0.1) is 5.75 Å². The van der Waals surface area contributed by atoms with E-state index >= 15 is 0 Å². The summed E-state index contributed by atoms with van der Waals surface area (Å²) in [5, 5.41) is 4.05. The molecule has 2 nitrogen and oxygen atoms in total. The molecule has 1 aromatic rings. The normalized spacial score (nSPS) is 12.1. The minimum Gasteiger partial charge on any atom is -0.355 e. The van der Waals surface area contributed by atoms with Gasteiger partial charge in [-0.2, -0.15) is 0 Å². The Hall–Kier alpha value is -0.480. The Kier molecular flexibility index (Phi) is 9.01. The van der Waals surface area contributed by atoms with Gasteiger partial charge >= 0.3 is 0 Å². The zero-order valence-corrected chi connectivity index (χ0v) is 13.8. The molecule has 1 rings (SSSR count). The van der Waals surface area contributed by atoms with Gasteiger partial charge in [-0.3, -0.25) is 4.79 Å². The highest BCUT2D eigenvalue weighted by molar-refractivity contribution is 9.09. The molecule has 0 radical (unpaired) electrons. The monoisotopic (exact) mass is 343 g/mol. The Morgan fingerprint density at radius 1 is 1.32 bits per heavy atom. The summed E-state index contributed by atoms with van der Waals surface area (Å²) in [6.07, 6.45) is 3.48. The van der Waals surface area contributed by atoms with E-state index in [1.54, 1.807) is 11.8 Å². The van der Waals surface area contributed by atoms with Crippen LogP contribution in [0.15, 0.2) is 35.2 Å². The van der Waals surface area contributed by atoms with E-state index in [0.29, 0.717) is 11.7 Å².